The van der Waals surface area contributed by atoms with E-state index in [4.69, 9.17) is 5.11 Å². The van der Waals surface area contributed by atoms with E-state index in [1.54, 1.807) is 6.33 Å². The lowest BCUT2D eigenvalue weighted by molar-refractivity contribution is -0.137. The monoisotopic (exact) mass is 196 g/mol. The molecule has 0 radical (unpaired) electrons. The van der Waals surface area contributed by atoms with Crippen LogP contribution in [0.1, 0.15) is 38.3 Å². The molecule has 1 N–H and O–H groups in total. The van der Waals surface area contributed by atoms with Crippen LogP contribution >= 0.6 is 0 Å². The fourth-order valence-electron chi connectivity index (χ4n) is 1.40. The zero-order valence-corrected chi connectivity index (χ0v) is 8.60. The van der Waals surface area contributed by atoms with Gasteiger partial charge in [-0.05, 0) is 12.3 Å². The molecular formula is C10H16N2O2. The van der Waals surface area contributed by atoms with Crippen molar-refractivity contribution in [3.05, 3.63) is 18.2 Å². The van der Waals surface area contributed by atoms with E-state index in [0.717, 1.165) is 12.2 Å². The van der Waals surface area contributed by atoms with Gasteiger partial charge in [0.05, 0.1) is 6.33 Å². The quantitative estimate of drug-likeness (QED) is 0.782. The SMILES string of the molecule is CC(C)c1cncn1CCCC(=O)O. The van der Waals surface area contributed by atoms with Crippen molar-refractivity contribution in [3.63, 3.8) is 0 Å². The summed E-state index contributed by atoms with van der Waals surface area (Å²) in [5.74, 6) is -0.307. The number of aromatic nitrogens is 2. The van der Waals surface area contributed by atoms with Gasteiger partial charge in [0.15, 0.2) is 0 Å². The molecule has 78 valence electrons. The molecule has 0 saturated heterocycles. The van der Waals surface area contributed by atoms with Crippen LogP contribution in [0, 0.1) is 0 Å². The molecule has 4 nitrogen and oxygen atoms in total. The molecule has 0 fully saturated rings. The highest BCUT2D eigenvalue weighted by molar-refractivity contribution is 5.66. The van der Waals surface area contributed by atoms with E-state index in [9.17, 15) is 4.79 Å². The summed E-state index contributed by atoms with van der Waals surface area (Å²) < 4.78 is 2.02. The molecule has 0 amide bonds. The topological polar surface area (TPSA) is 55.1 Å². The molecule has 0 unspecified atom stereocenters. The smallest absolute Gasteiger partial charge is 0.303 e. The Morgan fingerprint density at radius 3 is 2.93 bits per heavy atom. The first kappa shape index (κ1) is 10.8. The van der Waals surface area contributed by atoms with E-state index in [2.05, 4.69) is 18.8 Å². The van der Waals surface area contributed by atoms with Crippen LogP contribution in [0.5, 0.6) is 0 Å². The minimum absolute atomic E-state index is 0.218. The number of carbonyl (C=O) groups is 1. The van der Waals surface area contributed by atoms with E-state index < -0.39 is 5.97 Å². The average Bonchev–Trinajstić information content (AvgIpc) is 2.51. The van der Waals surface area contributed by atoms with Crippen LogP contribution in [-0.2, 0) is 11.3 Å². The second kappa shape index (κ2) is 4.79. The van der Waals surface area contributed by atoms with Crippen LogP contribution in [0.4, 0.5) is 0 Å². The zero-order chi connectivity index (χ0) is 10.6. The average molecular weight is 196 g/mol. The molecule has 1 rings (SSSR count). The molecule has 0 aliphatic heterocycles. The van der Waals surface area contributed by atoms with E-state index in [1.807, 2.05) is 10.8 Å². The summed E-state index contributed by atoms with van der Waals surface area (Å²) in [4.78, 5) is 14.4. The largest absolute Gasteiger partial charge is 0.481 e. The number of carboxylic acid groups (broad SMARTS) is 1. The molecule has 0 atom stereocenters. The van der Waals surface area contributed by atoms with Crippen molar-refractivity contribution in [3.8, 4) is 0 Å². The van der Waals surface area contributed by atoms with Gasteiger partial charge in [0.1, 0.15) is 0 Å². The van der Waals surface area contributed by atoms with Crippen molar-refractivity contribution in [1.82, 2.24) is 9.55 Å². The van der Waals surface area contributed by atoms with Gasteiger partial charge in [-0.15, -0.1) is 0 Å². The number of hydrogen-bond acceptors (Lipinski definition) is 2. The van der Waals surface area contributed by atoms with Crippen molar-refractivity contribution >= 4 is 5.97 Å². The summed E-state index contributed by atoms with van der Waals surface area (Å²) in [5, 5.41) is 8.50. The predicted molar refractivity (Wildman–Crippen MR) is 53.2 cm³/mol. The van der Waals surface area contributed by atoms with Gasteiger partial charge in [0.25, 0.3) is 0 Å². The van der Waals surface area contributed by atoms with Crippen molar-refractivity contribution < 1.29 is 9.90 Å². The third kappa shape index (κ3) is 2.87. The molecule has 0 aliphatic rings. The van der Waals surface area contributed by atoms with E-state index in [1.165, 1.54) is 0 Å². The van der Waals surface area contributed by atoms with Crippen LogP contribution in [-0.4, -0.2) is 20.6 Å². The Kier molecular flexibility index (Phi) is 3.68. The maximum atomic E-state index is 10.3. The summed E-state index contributed by atoms with van der Waals surface area (Å²) in [6.07, 6.45) is 4.48. The lowest BCUT2D eigenvalue weighted by Gasteiger charge is -2.09. The Balaban J connectivity index is 2.50. The first-order valence-corrected chi connectivity index (χ1v) is 4.83. The summed E-state index contributed by atoms with van der Waals surface area (Å²) in [7, 11) is 0. The molecule has 0 bridgehead atoms. The van der Waals surface area contributed by atoms with Crippen molar-refractivity contribution in [1.29, 1.82) is 0 Å². The molecule has 1 aromatic rings. The number of hydrogen-bond donors (Lipinski definition) is 1. The van der Waals surface area contributed by atoms with Gasteiger partial charge >= 0.3 is 5.97 Å². The zero-order valence-electron chi connectivity index (χ0n) is 8.60. The lowest BCUT2D eigenvalue weighted by atomic mass is 10.1. The highest BCUT2D eigenvalue weighted by Crippen LogP contribution is 2.13. The van der Waals surface area contributed by atoms with Crippen molar-refractivity contribution in [2.24, 2.45) is 0 Å². The van der Waals surface area contributed by atoms with E-state index >= 15 is 0 Å². The molecule has 1 heterocycles. The summed E-state index contributed by atoms with van der Waals surface area (Å²) >= 11 is 0. The second-order valence-corrected chi connectivity index (χ2v) is 3.66. The molecule has 0 aliphatic carbocycles. The molecule has 0 saturated carbocycles. The Bertz CT molecular complexity index is 305. The minimum Gasteiger partial charge on any atom is -0.481 e. The predicted octanol–water partition coefficient (Wildman–Crippen LogP) is 1.87. The van der Waals surface area contributed by atoms with Gasteiger partial charge in [-0.2, -0.15) is 0 Å². The Morgan fingerprint density at radius 2 is 2.36 bits per heavy atom. The number of rotatable bonds is 5. The highest BCUT2D eigenvalue weighted by atomic mass is 16.4. The van der Waals surface area contributed by atoms with Crippen LogP contribution in [0.25, 0.3) is 0 Å². The summed E-state index contributed by atoms with van der Waals surface area (Å²) in [6.45, 7) is 4.94. The van der Waals surface area contributed by atoms with E-state index in [0.29, 0.717) is 12.3 Å². The second-order valence-electron chi connectivity index (χ2n) is 3.66. The lowest BCUT2D eigenvalue weighted by Crippen LogP contribution is -2.05. The summed E-state index contributed by atoms with van der Waals surface area (Å²) in [6, 6.07) is 0. The number of carboxylic acids is 1. The van der Waals surface area contributed by atoms with Crippen LogP contribution in [0.3, 0.4) is 0 Å². The normalized spacial score (nSPS) is 10.8. The first-order chi connectivity index (χ1) is 6.61. The van der Waals surface area contributed by atoms with Gasteiger partial charge in [-0.3, -0.25) is 4.79 Å². The maximum absolute atomic E-state index is 10.3. The summed E-state index contributed by atoms with van der Waals surface area (Å²) in [5.41, 5.74) is 1.16. The number of aryl methyl sites for hydroxylation is 1. The van der Waals surface area contributed by atoms with Crippen LogP contribution in [0.2, 0.25) is 0 Å². The molecule has 4 heteroatoms. The number of nitrogens with zero attached hydrogens (tertiary/aromatic N) is 2. The third-order valence-corrected chi connectivity index (χ3v) is 2.13. The molecular weight excluding hydrogens is 180 g/mol. The number of aliphatic carboxylic acids is 1. The molecule has 0 aromatic carbocycles. The minimum atomic E-state index is -0.740. The van der Waals surface area contributed by atoms with Gasteiger partial charge in [-0.1, -0.05) is 13.8 Å². The van der Waals surface area contributed by atoms with Gasteiger partial charge in [0.2, 0.25) is 0 Å². The fraction of sp³-hybridized carbons (Fsp3) is 0.600. The van der Waals surface area contributed by atoms with Gasteiger partial charge in [0, 0.05) is 24.9 Å². The Morgan fingerprint density at radius 1 is 1.64 bits per heavy atom. The van der Waals surface area contributed by atoms with Crippen LogP contribution in [0.15, 0.2) is 12.5 Å². The third-order valence-electron chi connectivity index (χ3n) is 2.13. The number of imidazole rings is 1. The molecule has 14 heavy (non-hydrogen) atoms. The fourth-order valence-corrected chi connectivity index (χ4v) is 1.40. The Hall–Kier alpha value is -1.32. The molecule has 0 spiro atoms. The van der Waals surface area contributed by atoms with Crippen molar-refractivity contribution in [2.45, 2.75) is 39.2 Å². The molecule has 1 aromatic heterocycles. The highest BCUT2D eigenvalue weighted by Gasteiger charge is 2.06. The van der Waals surface area contributed by atoms with E-state index in [-0.39, 0.29) is 6.42 Å². The standard InChI is InChI=1S/C10H16N2O2/c1-8(2)9-6-11-7-12(9)5-3-4-10(13)14/h6-8H,3-5H2,1-2H3,(H,13,14). The van der Waals surface area contributed by atoms with Crippen LogP contribution < -0.4 is 0 Å². The van der Waals surface area contributed by atoms with Gasteiger partial charge < -0.3 is 9.67 Å². The maximum Gasteiger partial charge on any atom is 0.303 e. The Labute approximate surface area is 83.6 Å². The van der Waals surface area contributed by atoms with Gasteiger partial charge in [-0.25, -0.2) is 4.98 Å². The van der Waals surface area contributed by atoms with Crippen molar-refractivity contribution in [2.75, 3.05) is 0 Å². The first-order valence-electron chi connectivity index (χ1n) is 4.83.